The van der Waals surface area contributed by atoms with Gasteiger partial charge in [0.15, 0.2) is 0 Å². The fourth-order valence-corrected chi connectivity index (χ4v) is 3.64. The van der Waals surface area contributed by atoms with Crippen molar-refractivity contribution >= 4 is 33.0 Å². The maximum absolute atomic E-state index is 5.97. The second-order valence-electron chi connectivity index (χ2n) is 5.30. The van der Waals surface area contributed by atoms with Gasteiger partial charge >= 0.3 is 0 Å². The van der Waals surface area contributed by atoms with Crippen molar-refractivity contribution in [1.29, 1.82) is 0 Å². The van der Waals surface area contributed by atoms with Gasteiger partial charge in [0.05, 0.1) is 6.54 Å². The van der Waals surface area contributed by atoms with E-state index in [2.05, 4.69) is 70.4 Å². The summed E-state index contributed by atoms with van der Waals surface area (Å²) in [5, 5.41) is 2.13. The summed E-state index contributed by atoms with van der Waals surface area (Å²) < 4.78 is 1.09. The van der Waals surface area contributed by atoms with Crippen molar-refractivity contribution < 1.29 is 0 Å². The van der Waals surface area contributed by atoms with Crippen LogP contribution in [0.4, 0.5) is 5.69 Å². The Bertz CT molecular complexity index is 550. The second kappa shape index (κ2) is 6.74. The van der Waals surface area contributed by atoms with Gasteiger partial charge in [-0.2, -0.15) is 0 Å². The van der Waals surface area contributed by atoms with E-state index in [0.717, 1.165) is 16.6 Å². The third-order valence-electron chi connectivity index (χ3n) is 3.34. The van der Waals surface area contributed by atoms with Gasteiger partial charge in [0, 0.05) is 27.1 Å². The summed E-state index contributed by atoms with van der Waals surface area (Å²) in [7, 11) is 0. The molecule has 2 aromatic rings. The van der Waals surface area contributed by atoms with Crippen LogP contribution in [-0.4, -0.2) is 6.04 Å². The Morgan fingerprint density at radius 1 is 1.25 bits per heavy atom. The van der Waals surface area contributed by atoms with Crippen molar-refractivity contribution in [2.75, 3.05) is 4.90 Å². The van der Waals surface area contributed by atoms with E-state index in [1.165, 1.54) is 10.6 Å². The summed E-state index contributed by atoms with van der Waals surface area (Å²) in [6.07, 6.45) is 0. The van der Waals surface area contributed by atoms with E-state index in [4.69, 9.17) is 5.73 Å². The minimum Gasteiger partial charge on any atom is -0.364 e. The van der Waals surface area contributed by atoms with Crippen LogP contribution in [0.15, 0.2) is 40.2 Å². The summed E-state index contributed by atoms with van der Waals surface area (Å²) in [5.74, 6) is 0. The van der Waals surface area contributed by atoms with Crippen molar-refractivity contribution in [2.45, 2.75) is 39.4 Å². The molecule has 4 heteroatoms. The Balaban J connectivity index is 2.28. The number of hydrogen-bond acceptors (Lipinski definition) is 3. The molecule has 1 atom stereocenters. The molecule has 20 heavy (non-hydrogen) atoms. The summed E-state index contributed by atoms with van der Waals surface area (Å²) in [6, 6.07) is 11.2. The molecule has 0 aliphatic rings. The topological polar surface area (TPSA) is 29.3 Å². The monoisotopic (exact) mass is 352 g/mol. The van der Waals surface area contributed by atoms with Crippen LogP contribution in [-0.2, 0) is 6.54 Å². The molecule has 2 N–H and O–H groups in total. The molecule has 0 bridgehead atoms. The summed E-state index contributed by atoms with van der Waals surface area (Å²) in [4.78, 5) is 3.78. The summed E-state index contributed by atoms with van der Waals surface area (Å²) in [5.41, 5.74) is 8.34. The van der Waals surface area contributed by atoms with Gasteiger partial charge in [-0.25, -0.2) is 0 Å². The van der Waals surface area contributed by atoms with Crippen LogP contribution in [0.25, 0.3) is 0 Å². The van der Waals surface area contributed by atoms with E-state index in [1.54, 1.807) is 11.3 Å². The Kier molecular flexibility index (Phi) is 5.24. The highest BCUT2D eigenvalue weighted by Gasteiger charge is 2.14. The molecule has 0 saturated carbocycles. The van der Waals surface area contributed by atoms with Crippen LogP contribution in [0.3, 0.4) is 0 Å². The van der Waals surface area contributed by atoms with E-state index in [1.807, 2.05) is 6.92 Å². The third kappa shape index (κ3) is 3.62. The lowest BCUT2D eigenvalue weighted by atomic mass is 10.1. The smallest absolute Gasteiger partial charge is 0.0525 e. The molecule has 1 aromatic heterocycles. The maximum Gasteiger partial charge on any atom is 0.0525 e. The molecule has 0 saturated heterocycles. The molecule has 0 aliphatic heterocycles. The molecule has 0 aliphatic carbocycles. The first-order valence-corrected chi connectivity index (χ1v) is 8.50. The summed E-state index contributed by atoms with van der Waals surface area (Å²) in [6.45, 7) is 7.40. The van der Waals surface area contributed by atoms with Crippen molar-refractivity contribution in [3.8, 4) is 0 Å². The zero-order valence-electron chi connectivity index (χ0n) is 12.1. The Hall–Kier alpha value is -0.840. The number of halogens is 1. The molecular formula is C16H21BrN2S. The zero-order chi connectivity index (χ0) is 14.7. The molecule has 108 valence electrons. The Labute approximate surface area is 133 Å². The first-order chi connectivity index (χ1) is 9.49. The van der Waals surface area contributed by atoms with Crippen molar-refractivity contribution in [3.63, 3.8) is 0 Å². The largest absolute Gasteiger partial charge is 0.364 e. The highest BCUT2D eigenvalue weighted by Crippen LogP contribution is 2.29. The summed E-state index contributed by atoms with van der Waals surface area (Å²) >= 11 is 5.44. The average Bonchev–Trinajstić information content (AvgIpc) is 2.87. The van der Waals surface area contributed by atoms with Crippen LogP contribution in [0.2, 0.25) is 0 Å². The lowest BCUT2D eigenvalue weighted by Gasteiger charge is -2.29. The minimum absolute atomic E-state index is 0.0446. The van der Waals surface area contributed by atoms with Crippen LogP contribution in [0.5, 0.6) is 0 Å². The predicted molar refractivity (Wildman–Crippen MR) is 92.4 cm³/mol. The number of anilines is 1. The fourth-order valence-electron chi connectivity index (χ4n) is 2.21. The van der Waals surface area contributed by atoms with E-state index >= 15 is 0 Å². The van der Waals surface area contributed by atoms with Gasteiger partial charge in [-0.05, 0) is 49.9 Å². The van der Waals surface area contributed by atoms with Gasteiger partial charge in [0.1, 0.15) is 0 Å². The van der Waals surface area contributed by atoms with Gasteiger partial charge in [0.25, 0.3) is 0 Å². The van der Waals surface area contributed by atoms with Crippen molar-refractivity contribution in [1.82, 2.24) is 0 Å². The lowest BCUT2D eigenvalue weighted by molar-refractivity contribution is 0.686. The van der Waals surface area contributed by atoms with Crippen LogP contribution in [0.1, 0.15) is 37.3 Å². The standard InChI is InChI=1S/C16H21BrN2S/c1-11(2)19(10-14-5-4-8-20-14)13-6-7-15(12(3)18)16(17)9-13/h4-9,11-12H,10,18H2,1-3H3. The molecule has 0 fully saturated rings. The normalized spacial score (nSPS) is 12.7. The molecule has 0 radical (unpaired) electrons. The van der Waals surface area contributed by atoms with E-state index < -0.39 is 0 Å². The second-order valence-corrected chi connectivity index (χ2v) is 7.18. The fraction of sp³-hybridized carbons (Fsp3) is 0.375. The molecule has 2 rings (SSSR count). The quantitative estimate of drug-likeness (QED) is 0.824. The number of hydrogen-bond donors (Lipinski definition) is 1. The van der Waals surface area contributed by atoms with Gasteiger partial charge in [-0.3, -0.25) is 0 Å². The van der Waals surface area contributed by atoms with Crippen LogP contribution >= 0.6 is 27.3 Å². The van der Waals surface area contributed by atoms with Gasteiger partial charge in [-0.15, -0.1) is 11.3 Å². The van der Waals surface area contributed by atoms with Gasteiger partial charge < -0.3 is 10.6 Å². The number of benzene rings is 1. The molecule has 1 heterocycles. The highest BCUT2D eigenvalue weighted by atomic mass is 79.9. The minimum atomic E-state index is 0.0446. The predicted octanol–water partition coefficient (Wildman–Crippen LogP) is 4.95. The highest BCUT2D eigenvalue weighted by molar-refractivity contribution is 9.10. The average molecular weight is 353 g/mol. The van der Waals surface area contributed by atoms with E-state index in [-0.39, 0.29) is 6.04 Å². The van der Waals surface area contributed by atoms with Gasteiger partial charge in [0.2, 0.25) is 0 Å². The SMILES string of the molecule is CC(N)c1ccc(N(Cc2cccs2)C(C)C)cc1Br. The van der Waals surface area contributed by atoms with Gasteiger partial charge in [-0.1, -0.05) is 28.1 Å². The van der Waals surface area contributed by atoms with Crippen LogP contribution < -0.4 is 10.6 Å². The van der Waals surface area contributed by atoms with Crippen LogP contribution in [0, 0.1) is 0 Å². The Morgan fingerprint density at radius 3 is 2.50 bits per heavy atom. The van der Waals surface area contributed by atoms with Crippen molar-refractivity contribution in [2.24, 2.45) is 5.73 Å². The number of nitrogens with zero attached hydrogens (tertiary/aromatic N) is 1. The molecule has 2 nitrogen and oxygen atoms in total. The first kappa shape index (κ1) is 15.5. The Morgan fingerprint density at radius 2 is 2.00 bits per heavy atom. The van der Waals surface area contributed by atoms with E-state index in [9.17, 15) is 0 Å². The zero-order valence-corrected chi connectivity index (χ0v) is 14.5. The van der Waals surface area contributed by atoms with E-state index in [0.29, 0.717) is 6.04 Å². The molecular weight excluding hydrogens is 332 g/mol. The lowest BCUT2D eigenvalue weighted by Crippen LogP contribution is -2.29. The number of thiophene rings is 1. The third-order valence-corrected chi connectivity index (χ3v) is 4.88. The number of rotatable bonds is 5. The molecule has 1 aromatic carbocycles. The maximum atomic E-state index is 5.97. The number of nitrogens with two attached hydrogens (primary N) is 1. The molecule has 1 unspecified atom stereocenters. The first-order valence-electron chi connectivity index (χ1n) is 6.83. The van der Waals surface area contributed by atoms with Crippen molar-refractivity contribution in [3.05, 3.63) is 50.6 Å². The molecule has 0 spiro atoms. The molecule has 0 amide bonds.